The number of hydrogen-bond donors (Lipinski definition) is 2. The van der Waals surface area contributed by atoms with Gasteiger partial charge in [0.05, 0.1) is 12.6 Å². The SMILES string of the molecule is O=C(NCc1cc(F)cc2c1OCOC2)C1CCCN1. The summed E-state index contributed by atoms with van der Waals surface area (Å²) in [5.74, 6) is 0.228. The van der Waals surface area contributed by atoms with E-state index in [4.69, 9.17) is 9.47 Å². The van der Waals surface area contributed by atoms with Gasteiger partial charge in [0.1, 0.15) is 11.6 Å². The average molecular weight is 280 g/mol. The maximum absolute atomic E-state index is 13.5. The monoisotopic (exact) mass is 280 g/mol. The molecule has 1 unspecified atom stereocenters. The van der Waals surface area contributed by atoms with Gasteiger partial charge in [0, 0.05) is 17.7 Å². The van der Waals surface area contributed by atoms with Gasteiger partial charge in [-0.1, -0.05) is 0 Å². The Morgan fingerprint density at radius 2 is 2.40 bits per heavy atom. The maximum Gasteiger partial charge on any atom is 0.237 e. The number of nitrogens with one attached hydrogen (secondary N) is 2. The predicted molar refractivity (Wildman–Crippen MR) is 69.6 cm³/mol. The highest BCUT2D eigenvalue weighted by Gasteiger charge is 2.23. The molecule has 6 heteroatoms. The molecule has 1 aromatic rings. The lowest BCUT2D eigenvalue weighted by Gasteiger charge is -2.21. The Labute approximate surface area is 116 Å². The molecule has 20 heavy (non-hydrogen) atoms. The molecular weight excluding hydrogens is 263 g/mol. The summed E-state index contributed by atoms with van der Waals surface area (Å²) in [6.45, 7) is 1.62. The van der Waals surface area contributed by atoms with E-state index in [0.717, 1.165) is 19.4 Å². The van der Waals surface area contributed by atoms with Crippen molar-refractivity contribution >= 4 is 5.91 Å². The summed E-state index contributed by atoms with van der Waals surface area (Å²) in [7, 11) is 0. The third-order valence-corrected chi connectivity index (χ3v) is 3.58. The number of halogens is 1. The first kappa shape index (κ1) is 13.3. The molecular formula is C14H17FN2O3. The zero-order valence-electron chi connectivity index (χ0n) is 11.1. The molecule has 0 saturated carbocycles. The molecule has 0 aromatic heterocycles. The van der Waals surface area contributed by atoms with Gasteiger partial charge < -0.3 is 20.1 Å². The summed E-state index contributed by atoms with van der Waals surface area (Å²) in [6, 6.07) is 2.66. The molecule has 1 aromatic carbocycles. The van der Waals surface area contributed by atoms with Crippen molar-refractivity contribution in [3.8, 4) is 5.75 Å². The third-order valence-electron chi connectivity index (χ3n) is 3.58. The van der Waals surface area contributed by atoms with E-state index in [2.05, 4.69) is 10.6 Å². The number of fused-ring (bicyclic) bond motifs is 1. The van der Waals surface area contributed by atoms with Crippen molar-refractivity contribution in [2.75, 3.05) is 13.3 Å². The molecule has 1 fully saturated rings. The fourth-order valence-electron chi connectivity index (χ4n) is 2.60. The Bertz CT molecular complexity index is 515. The largest absolute Gasteiger partial charge is 0.467 e. The molecule has 2 aliphatic heterocycles. The zero-order chi connectivity index (χ0) is 13.9. The van der Waals surface area contributed by atoms with E-state index in [1.165, 1.54) is 12.1 Å². The fourth-order valence-corrected chi connectivity index (χ4v) is 2.60. The Balaban J connectivity index is 1.70. The summed E-state index contributed by atoms with van der Waals surface area (Å²) < 4.78 is 24.1. The zero-order valence-corrected chi connectivity index (χ0v) is 11.1. The van der Waals surface area contributed by atoms with Crippen molar-refractivity contribution in [2.45, 2.75) is 32.0 Å². The van der Waals surface area contributed by atoms with Crippen molar-refractivity contribution in [1.82, 2.24) is 10.6 Å². The van der Waals surface area contributed by atoms with Crippen molar-refractivity contribution in [2.24, 2.45) is 0 Å². The quantitative estimate of drug-likeness (QED) is 0.869. The minimum absolute atomic E-state index is 0.0485. The highest BCUT2D eigenvalue weighted by Crippen LogP contribution is 2.29. The smallest absolute Gasteiger partial charge is 0.237 e. The van der Waals surface area contributed by atoms with E-state index < -0.39 is 0 Å². The van der Waals surface area contributed by atoms with E-state index in [-0.39, 0.29) is 31.1 Å². The minimum atomic E-state index is -0.346. The first-order valence-electron chi connectivity index (χ1n) is 6.77. The van der Waals surface area contributed by atoms with Crippen LogP contribution in [0.4, 0.5) is 4.39 Å². The molecule has 3 rings (SSSR count). The lowest BCUT2D eigenvalue weighted by Crippen LogP contribution is -2.40. The number of benzene rings is 1. The van der Waals surface area contributed by atoms with Crippen LogP contribution in [0.2, 0.25) is 0 Å². The van der Waals surface area contributed by atoms with Crippen molar-refractivity contribution in [3.63, 3.8) is 0 Å². The third kappa shape index (κ3) is 2.76. The summed E-state index contributed by atoms with van der Waals surface area (Å²) in [5.41, 5.74) is 1.33. The van der Waals surface area contributed by atoms with Crippen LogP contribution in [0.5, 0.6) is 5.75 Å². The second-order valence-electron chi connectivity index (χ2n) is 5.03. The van der Waals surface area contributed by atoms with Gasteiger partial charge in [0.15, 0.2) is 6.79 Å². The standard InChI is InChI=1S/C14H17FN2O3/c15-11-4-9(13-10(5-11)7-19-8-20-13)6-17-14(18)12-2-1-3-16-12/h4-5,12,16H,1-3,6-8H2,(H,17,18). The van der Waals surface area contributed by atoms with Gasteiger partial charge >= 0.3 is 0 Å². The molecule has 5 nitrogen and oxygen atoms in total. The van der Waals surface area contributed by atoms with E-state index in [9.17, 15) is 9.18 Å². The Morgan fingerprint density at radius 3 is 3.20 bits per heavy atom. The van der Waals surface area contributed by atoms with Crippen LogP contribution in [-0.4, -0.2) is 25.3 Å². The number of hydrogen-bond acceptors (Lipinski definition) is 4. The molecule has 0 bridgehead atoms. The molecule has 1 atom stereocenters. The molecule has 2 N–H and O–H groups in total. The van der Waals surface area contributed by atoms with Crippen LogP contribution < -0.4 is 15.4 Å². The number of amides is 1. The average Bonchev–Trinajstić information content (AvgIpc) is 2.98. The lowest BCUT2D eigenvalue weighted by molar-refractivity contribution is -0.122. The number of rotatable bonds is 3. The van der Waals surface area contributed by atoms with Gasteiger partial charge in [-0.15, -0.1) is 0 Å². The van der Waals surface area contributed by atoms with Crippen LogP contribution in [0.1, 0.15) is 24.0 Å². The van der Waals surface area contributed by atoms with E-state index in [0.29, 0.717) is 23.5 Å². The van der Waals surface area contributed by atoms with E-state index in [1.807, 2.05) is 0 Å². The number of carbonyl (C=O) groups is 1. The van der Waals surface area contributed by atoms with Gasteiger partial charge in [0.25, 0.3) is 0 Å². The Morgan fingerprint density at radius 1 is 1.50 bits per heavy atom. The van der Waals surface area contributed by atoms with E-state index in [1.54, 1.807) is 0 Å². The Hall–Kier alpha value is -1.66. The predicted octanol–water partition coefficient (Wildman–Crippen LogP) is 1.06. The van der Waals surface area contributed by atoms with E-state index >= 15 is 0 Å². The number of carbonyl (C=O) groups excluding carboxylic acids is 1. The van der Waals surface area contributed by atoms with Crippen molar-refractivity contribution < 1.29 is 18.7 Å². The van der Waals surface area contributed by atoms with Crippen LogP contribution in [0, 0.1) is 5.82 Å². The molecule has 2 aliphatic rings. The molecule has 0 spiro atoms. The summed E-state index contributed by atoms with van der Waals surface area (Å²) >= 11 is 0. The highest BCUT2D eigenvalue weighted by molar-refractivity contribution is 5.82. The highest BCUT2D eigenvalue weighted by atomic mass is 19.1. The first-order chi connectivity index (χ1) is 9.74. The van der Waals surface area contributed by atoms with Crippen LogP contribution in [0.15, 0.2) is 12.1 Å². The van der Waals surface area contributed by atoms with Gasteiger partial charge in [-0.2, -0.15) is 0 Å². The van der Waals surface area contributed by atoms with Crippen molar-refractivity contribution in [1.29, 1.82) is 0 Å². The molecule has 1 saturated heterocycles. The van der Waals surface area contributed by atoms with Gasteiger partial charge in [-0.05, 0) is 31.5 Å². The summed E-state index contributed by atoms with van der Waals surface area (Å²) in [6.07, 6.45) is 1.85. The molecule has 0 radical (unpaired) electrons. The lowest BCUT2D eigenvalue weighted by atomic mass is 10.1. The van der Waals surface area contributed by atoms with Gasteiger partial charge in [-0.25, -0.2) is 4.39 Å². The molecule has 0 aliphatic carbocycles. The second-order valence-corrected chi connectivity index (χ2v) is 5.03. The molecule has 2 heterocycles. The Kier molecular flexibility index (Phi) is 3.84. The normalized spacial score (nSPS) is 21.1. The van der Waals surface area contributed by atoms with Crippen molar-refractivity contribution in [3.05, 3.63) is 29.1 Å². The summed E-state index contributed by atoms with van der Waals surface area (Å²) in [5, 5.41) is 5.96. The topological polar surface area (TPSA) is 59.6 Å². The van der Waals surface area contributed by atoms with Gasteiger partial charge in [-0.3, -0.25) is 4.79 Å². The molecule has 108 valence electrons. The van der Waals surface area contributed by atoms with Crippen LogP contribution in [0.3, 0.4) is 0 Å². The van der Waals surface area contributed by atoms with Gasteiger partial charge in [0.2, 0.25) is 5.91 Å². The maximum atomic E-state index is 13.5. The van der Waals surface area contributed by atoms with Crippen LogP contribution >= 0.6 is 0 Å². The second kappa shape index (κ2) is 5.76. The molecule has 1 amide bonds. The summed E-state index contributed by atoms with van der Waals surface area (Å²) in [4.78, 5) is 11.9. The minimum Gasteiger partial charge on any atom is -0.467 e. The van der Waals surface area contributed by atoms with Crippen LogP contribution in [-0.2, 0) is 22.7 Å². The number of ether oxygens (including phenoxy) is 2. The fraction of sp³-hybridized carbons (Fsp3) is 0.500. The first-order valence-corrected chi connectivity index (χ1v) is 6.77. The van der Waals surface area contributed by atoms with Crippen LogP contribution in [0.25, 0.3) is 0 Å².